The van der Waals surface area contributed by atoms with E-state index < -0.39 is 28.5 Å². The maximum atomic E-state index is 14.1. The van der Waals surface area contributed by atoms with E-state index in [1.54, 1.807) is 62.6 Å². The van der Waals surface area contributed by atoms with Gasteiger partial charge in [0.05, 0.1) is 17.7 Å². The number of amides is 2. The van der Waals surface area contributed by atoms with E-state index in [2.05, 4.69) is 19.2 Å². The number of rotatable bonds is 13. The average Bonchev–Trinajstić information content (AvgIpc) is 2.97. The Kier molecular flexibility index (Phi) is 11.2. The van der Waals surface area contributed by atoms with Gasteiger partial charge in [-0.15, -0.1) is 0 Å². The number of anilines is 1. The van der Waals surface area contributed by atoms with Crippen molar-refractivity contribution in [3.05, 3.63) is 89.5 Å². The maximum Gasteiger partial charge on any atom is 0.264 e. The number of hydrogen-bond donors (Lipinski definition) is 1. The van der Waals surface area contributed by atoms with Gasteiger partial charge in [-0.25, -0.2) is 8.42 Å². The zero-order chi connectivity index (χ0) is 31.0. The van der Waals surface area contributed by atoms with Crippen molar-refractivity contribution in [2.45, 2.75) is 64.9 Å². The molecule has 3 aromatic carbocycles. The van der Waals surface area contributed by atoms with Crippen molar-refractivity contribution in [2.75, 3.05) is 24.5 Å². The van der Waals surface area contributed by atoms with Gasteiger partial charge in [0.15, 0.2) is 0 Å². The topological polar surface area (TPSA) is 96.0 Å². The minimum atomic E-state index is -4.12. The molecule has 1 atom stereocenters. The van der Waals surface area contributed by atoms with Gasteiger partial charge in [-0.05, 0) is 73.2 Å². The van der Waals surface area contributed by atoms with Gasteiger partial charge in [-0.3, -0.25) is 13.9 Å². The quantitative estimate of drug-likeness (QED) is 0.282. The van der Waals surface area contributed by atoms with Crippen LogP contribution in [0.25, 0.3) is 0 Å². The molecule has 0 bridgehead atoms. The monoisotopic (exact) mass is 593 g/mol. The third-order valence-corrected chi connectivity index (χ3v) is 8.86. The standard InChI is InChI=1S/C33H43N3O5S/c1-23(2)20-34-33(38)26(6)35(21-27-9-8-10-30(19-27)41-7)32(37)22-36(29-15-13-28(14-16-29)24(3)4)42(39,40)31-17-11-25(5)12-18-31/h8-19,23-24,26H,20-22H2,1-7H3,(H,34,38). The Hall–Kier alpha value is -3.85. The molecule has 0 radical (unpaired) electrons. The Balaban J connectivity index is 2.04. The number of carbonyl (C=O) groups excluding carboxylic acids is 2. The van der Waals surface area contributed by atoms with Crippen molar-refractivity contribution >= 4 is 27.5 Å². The summed E-state index contributed by atoms with van der Waals surface area (Å²) < 4.78 is 34.5. The molecule has 3 aromatic rings. The summed E-state index contributed by atoms with van der Waals surface area (Å²) in [6.07, 6.45) is 0. The van der Waals surface area contributed by atoms with Crippen LogP contribution in [0.4, 0.5) is 5.69 Å². The van der Waals surface area contributed by atoms with Gasteiger partial charge >= 0.3 is 0 Å². The lowest BCUT2D eigenvalue weighted by atomic mass is 10.0. The predicted octanol–water partition coefficient (Wildman–Crippen LogP) is 5.51. The van der Waals surface area contributed by atoms with Crippen LogP contribution in [-0.4, -0.2) is 51.4 Å². The summed E-state index contributed by atoms with van der Waals surface area (Å²) in [5.74, 6) is 0.285. The average molecular weight is 594 g/mol. The van der Waals surface area contributed by atoms with Gasteiger partial charge in [-0.1, -0.05) is 69.7 Å². The molecule has 8 nitrogen and oxygen atoms in total. The second-order valence-corrected chi connectivity index (χ2v) is 13.1. The van der Waals surface area contributed by atoms with Crippen LogP contribution in [0, 0.1) is 12.8 Å². The minimum Gasteiger partial charge on any atom is -0.497 e. The van der Waals surface area contributed by atoms with Crippen molar-refractivity contribution in [2.24, 2.45) is 5.92 Å². The van der Waals surface area contributed by atoms with E-state index in [0.717, 1.165) is 21.0 Å². The number of methoxy groups -OCH3 is 1. The Morgan fingerprint density at radius 2 is 1.55 bits per heavy atom. The van der Waals surface area contributed by atoms with E-state index in [1.165, 1.54) is 4.90 Å². The fraction of sp³-hybridized carbons (Fsp3) is 0.394. The molecule has 9 heteroatoms. The highest BCUT2D eigenvalue weighted by molar-refractivity contribution is 7.92. The molecule has 1 N–H and O–H groups in total. The summed E-state index contributed by atoms with van der Waals surface area (Å²) in [5, 5.41) is 2.90. The number of benzene rings is 3. The lowest BCUT2D eigenvalue weighted by Gasteiger charge is -2.32. The summed E-state index contributed by atoms with van der Waals surface area (Å²) in [7, 11) is -2.56. The summed E-state index contributed by atoms with van der Waals surface area (Å²) in [6, 6.07) is 20.1. The van der Waals surface area contributed by atoms with Gasteiger partial charge < -0.3 is 15.0 Å². The fourth-order valence-electron chi connectivity index (χ4n) is 4.39. The van der Waals surface area contributed by atoms with Crippen LogP contribution in [0.15, 0.2) is 77.7 Å². The number of ether oxygens (including phenoxy) is 1. The summed E-state index contributed by atoms with van der Waals surface area (Å²) in [4.78, 5) is 28.7. The molecular weight excluding hydrogens is 550 g/mol. The van der Waals surface area contributed by atoms with Gasteiger partial charge in [0.2, 0.25) is 11.8 Å². The number of carbonyl (C=O) groups is 2. The number of aryl methyl sites for hydroxylation is 1. The molecule has 3 rings (SSSR count). The van der Waals surface area contributed by atoms with Crippen LogP contribution >= 0.6 is 0 Å². The minimum absolute atomic E-state index is 0.0795. The first kappa shape index (κ1) is 32.7. The van der Waals surface area contributed by atoms with Crippen molar-refractivity contribution in [3.8, 4) is 5.75 Å². The largest absolute Gasteiger partial charge is 0.497 e. The van der Waals surface area contributed by atoms with Crippen LogP contribution < -0.4 is 14.4 Å². The summed E-state index contributed by atoms with van der Waals surface area (Å²) >= 11 is 0. The second kappa shape index (κ2) is 14.4. The molecule has 0 saturated carbocycles. The van der Waals surface area contributed by atoms with Gasteiger partial charge in [0, 0.05) is 13.1 Å². The van der Waals surface area contributed by atoms with Crippen molar-refractivity contribution in [1.29, 1.82) is 0 Å². The molecule has 0 aromatic heterocycles. The molecule has 0 saturated heterocycles. The number of nitrogens with one attached hydrogen (secondary N) is 1. The first-order valence-electron chi connectivity index (χ1n) is 14.2. The number of nitrogens with zero attached hydrogens (tertiary/aromatic N) is 2. The molecule has 0 heterocycles. The second-order valence-electron chi connectivity index (χ2n) is 11.3. The maximum absolute atomic E-state index is 14.1. The van der Waals surface area contributed by atoms with Crippen molar-refractivity contribution in [3.63, 3.8) is 0 Å². The van der Waals surface area contributed by atoms with E-state index in [1.807, 2.05) is 45.0 Å². The van der Waals surface area contributed by atoms with Crippen LogP contribution in [0.2, 0.25) is 0 Å². The lowest BCUT2D eigenvalue weighted by molar-refractivity contribution is -0.139. The summed E-state index contributed by atoms with van der Waals surface area (Å²) in [5.41, 5.74) is 3.09. The summed E-state index contributed by atoms with van der Waals surface area (Å²) in [6.45, 7) is 11.7. The number of hydrogen-bond acceptors (Lipinski definition) is 5. The van der Waals surface area contributed by atoms with Crippen LogP contribution in [-0.2, 0) is 26.2 Å². The Morgan fingerprint density at radius 3 is 2.12 bits per heavy atom. The Bertz CT molecular complexity index is 1450. The first-order chi connectivity index (χ1) is 19.8. The van der Waals surface area contributed by atoms with Crippen molar-refractivity contribution < 1.29 is 22.7 Å². The predicted molar refractivity (Wildman–Crippen MR) is 167 cm³/mol. The van der Waals surface area contributed by atoms with Crippen LogP contribution in [0.5, 0.6) is 5.75 Å². The van der Waals surface area contributed by atoms with Gasteiger partial charge in [0.1, 0.15) is 18.3 Å². The molecular formula is C33H43N3O5S. The molecule has 1 unspecified atom stereocenters. The molecule has 0 aliphatic carbocycles. The molecule has 0 spiro atoms. The fourth-order valence-corrected chi connectivity index (χ4v) is 5.81. The van der Waals surface area contributed by atoms with E-state index in [-0.39, 0.29) is 29.2 Å². The smallest absolute Gasteiger partial charge is 0.264 e. The van der Waals surface area contributed by atoms with Gasteiger partial charge in [0.25, 0.3) is 10.0 Å². The molecule has 0 aliphatic rings. The zero-order valence-corrected chi connectivity index (χ0v) is 26.4. The highest BCUT2D eigenvalue weighted by Gasteiger charge is 2.32. The molecule has 0 fully saturated rings. The Morgan fingerprint density at radius 1 is 0.905 bits per heavy atom. The molecule has 2 amide bonds. The van der Waals surface area contributed by atoms with Gasteiger partial charge in [-0.2, -0.15) is 0 Å². The highest BCUT2D eigenvalue weighted by Crippen LogP contribution is 2.27. The molecule has 42 heavy (non-hydrogen) atoms. The molecule has 226 valence electrons. The lowest BCUT2D eigenvalue weighted by Crippen LogP contribution is -2.51. The Labute approximate surface area is 250 Å². The van der Waals surface area contributed by atoms with Crippen LogP contribution in [0.1, 0.15) is 57.2 Å². The number of sulfonamides is 1. The van der Waals surface area contributed by atoms with Crippen molar-refractivity contribution in [1.82, 2.24) is 10.2 Å². The SMILES string of the molecule is COc1cccc(CN(C(=O)CN(c2ccc(C(C)C)cc2)S(=O)(=O)c2ccc(C)cc2)C(C)C(=O)NCC(C)C)c1. The van der Waals surface area contributed by atoms with E-state index in [9.17, 15) is 18.0 Å². The zero-order valence-electron chi connectivity index (χ0n) is 25.6. The third kappa shape index (κ3) is 8.35. The highest BCUT2D eigenvalue weighted by atomic mass is 32.2. The normalized spacial score (nSPS) is 12.2. The van der Waals surface area contributed by atoms with Crippen LogP contribution in [0.3, 0.4) is 0 Å². The van der Waals surface area contributed by atoms with E-state index in [0.29, 0.717) is 18.0 Å². The van der Waals surface area contributed by atoms with E-state index in [4.69, 9.17) is 4.74 Å². The first-order valence-corrected chi connectivity index (χ1v) is 15.7. The van der Waals surface area contributed by atoms with E-state index >= 15 is 0 Å². The third-order valence-electron chi connectivity index (χ3n) is 7.07. The molecule has 0 aliphatic heterocycles.